The number of nitrogens with one attached hydrogen (secondary N) is 1. The number of aromatic nitrogens is 2. The summed E-state index contributed by atoms with van der Waals surface area (Å²) in [5, 5.41) is 6.74. The number of benzene rings is 1. The van der Waals surface area contributed by atoms with Crippen molar-refractivity contribution in [1.29, 1.82) is 0 Å². The van der Waals surface area contributed by atoms with E-state index in [2.05, 4.69) is 27.6 Å². The van der Waals surface area contributed by atoms with Gasteiger partial charge in [0.1, 0.15) is 6.04 Å². The summed E-state index contributed by atoms with van der Waals surface area (Å²) in [4.78, 5) is 16.7. The Labute approximate surface area is 123 Å². The van der Waals surface area contributed by atoms with E-state index in [-0.39, 0.29) is 17.9 Å². The van der Waals surface area contributed by atoms with Crippen molar-refractivity contribution >= 4 is 5.91 Å². The Morgan fingerprint density at radius 3 is 3.00 bits per heavy atom. The van der Waals surface area contributed by atoms with Gasteiger partial charge in [0.25, 0.3) is 0 Å². The minimum Gasteiger partial charge on any atom is -0.344 e. The molecule has 1 heterocycles. The zero-order valence-corrected chi connectivity index (χ0v) is 12.3. The van der Waals surface area contributed by atoms with Crippen LogP contribution in [0.15, 0.2) is 28.8 Å². The lowest BCUT2D eigenvalue weighted by molar-refractivity contribution is -0.123. The molecule has 0 spiro atoms. The third-order valence-electron chi connectivity index (χ3n) is 3.96. The first-order valence-corrected chi connectivity index (χ1v) is 7.33. The number of nitrogens with zero attached hydrogens (tertiary/aromatic N) is 2. The highest BCUT2D eigenvalue weighted by atomic mass is 16.5. The quantitative estimate of drug-likeness (QED) is 0.941. The van der Waals surface area contributed by atoms with Gasteiger partial charge < -0.3 is 9.84 Å². The molecule has 1 N–H and O–H groups in total. The normalized spacial score (nSPS) is 18.9. The van der Waals surface area contributed by atoms with E-state index in [4.69, 9.17) is 4.52 Å². The number of carbonyl (C=O) groups excluding carboxylic acids is 1. The maximum Gasteiger partial charge on any atom is 0.248 e. The molecule has 1 aromatic carbocycles. The van der Waals surface area contributed by atoms with Gasteiger partial charge >= 0.3 is 0 Å². The highest BCUT2D eigenvalue weighted by Gasteiger charge is 2.28. The maximum atomic E-state index is 12.6. The fourth-order valence-electron chi connectivity index (χ4n) is 2.89. The number of amides is 1. The van der Waals surface area contributed by atoms with Crippen LogP contribution in [0.25, 0.3) is 0 Å². The predicted molar refractivity (Wildman–Crippen MR) is 77.7 cm³/mol. The molecule has 1 aliphatic rings. The molecule has 110 valence electrons. The second-order valence-electron chi connectivity index (χ2n) is 5.55. The maximum absolute atomic E-state index is 12.6. The van der Waals surface area contributed by atoms with Gasteiger partial charge in [-0.25, -0.2) is 0 Å². The molecule has 5 nitrogen and oxygen atoms in total. The number of hydrogen-bond acceptors (Lipinski definition) is 4. The fraction of sp³-hybridized carbons (Fsp3) is 0.438. The summed E-state index contributed by atoms with van der Waals surface area (Å²) in [6.07, 6.45) is 2.99. The lowest BCUT2D eigenvalue weighted by atomic mass is 9.82. The van der Waals surface area contributed by atoms with Gasteiger partial charge in [-0.2, -0.15) is 4.98 Å². The van der Waals surface area contributed by atoms with Gasteiger partial charge in [-0.1, -0.05) is 29.4 Å². The molecule has 0 radical (unpaired) electrons. The van der Waals surface area contributed by atoms with Gasteiger partial charge in [0.2, 0.25) is 11.8 Å². The third-order valence-corrected chi connectivity index (χ3v) is 3.96. The molecule has 1 aliphatic carbocycles. The number of carbonyl (C=O) groups is 1. The molecule has 2 atom stereocenters. The van der Waals surface area contributed by atoms with Crippen molar-refractivity contribution in [3.8, 4) is 0 Å². The van der Waals surface area contributed by atoms with Crippen LogP contribution in [0, 0.1) is 6.92 Å². The van der Waals surface area contributed by atoms with Gasteiger partial charge in [-0.15, -0.1) is 0 Å². The summed E-state index contributed by atoms with van der Waals surface area (Å²) < 4.78 is 5.11. The first-order valence-electron chi connectivity index (χ1n) is 7.33. The van der Waals surface area contributed by atoms with E-state index in [0.717, 1.165) is 24.8 Å². The van der Waals surface area contributed by atoms with Crippen LogP contribution in [0.4, 0.5) is 0 Å². The molecule has 1 aromatic heterocycles. The molecule has 1 amide bonds. The minimum atomic E-state index is -0.271. The molecule has 0 bridgehead atoms. The first-order chi connectivity index (χ1) is 10.1. The van der Waals surface area contributed by atoms with E-state index in [9.17, 15) is 4.79 Å². The van der Waals surface area contributed by atoms with Crippen molar-refractivity contribution in [2.45, 2.75) is 45.1 Å². The van der Waals surface area contributed by atoms with Gasteiger partial charge in [-0.05, 0) is 44.2 Å². The standard InChI is InChI=1S/C16H19N3O2/c1-10(16-18-11(2)19-21-16)17-15(20)14-9-5-7-12-6-3-4-8-13(12)14/h3-4,6,8,10,14H,5,7,9H2,1-2H3,(H,17,20). The van der Waals surface area contributed by atoms with Crippen molar-refractivity contribution in [3.63, 3.8) is 0 Å². The van der Waals surface area contributed by atoms with Crippen molar-refractivity contribution in [2.24, 2.45) is 0 Å². The summed E-state index contributed by atoms with van der Waals surface area (Å²) in [6.45, 7) is 3.62. The smallest absolute Gasteiger partial charge is 0.248 e. The Hall–Kier alpha value is -2.17. The monoisotopic (exact) mass is 285 g/mol. The molecular weight excluding hydrogens is 266 g/mol. The molecule has 0 saturated heterocycles. The van der Waals surface area contributed by atoms with Gasteiger partial charge in [0.05, 0.1) is 5.92 Å². The molecule has 2 unspecified atom stereocenters. The number of aryl methyl sites for hydroxylation is 2. The summed E-state index contributed by atoms with van der Waals surface area (Å²) in [5.41, 5.74) is 2.43. The third kappa shape index (κ3) is 2.82. The molecule has 0 fully saturated rings. The second kappa shape index (κ2) is 5.68. The van der Waals surface area contributed by atoms with Crippen molar-refractivity contribution in [3.05, 3.63) is 47.1 Å². The Morgan fingerprint density at radius 2 is 2.24 bits per heavy atom. The average Bonchev–Trinajstić information content (AvgIpc) is 2.93. The number of rotatable bonds is 3. The van der Waals surface area contributed by atoms with Crippen LogP contribution in [-0.2, 0) is 11.2 Å². The average molecular weight is 285 g/mol. The largest absolute Gasteiger partial charge is 0.344 e. The molecule has 0 aliphatic heterocycles. The first kappa shape index (κ1) is 13.8. The Morgan fingerprint density at radius 1 is 1.43 bits per heavy atom. The lowest BCUT2D eigenvalue weighted by Crippen LogP contribution is -2.33. The molecule has 3 rings (SSSR count). The van der Waals surface area contributed by atoms with Crippen LogP contribution >= 0.6 is 0 Å². The minimum absolute atomic E-state index is 0.0329. The molecule has 2 aromatic rings. The Bertz CT molecular complexity index is 650. The highest BCUT2D eigenvalue weighted by molar-refractivity contribution is 5.84. The molecular formula is C16H19N3O2. The van der Waals surface area contributed by atoms with Gasteiger partial charge in [-0.3, -0.25) is 4.79 Å². The van der Waals surface area contributed by atoms with Crippen LogP contribution in [-0.4, -0.2) is 16.0 Å². The van der Waals surface area contributed by atoms with E-state index in [1.165, 1.54) is 5.56 Å². The van der Waals surface area contributed by atoms with Crippen molar-refractivity contribution < 1.29 is 9.32 Å². The SMILES string of the molecule is Cc1noc(C(C)NC(=O)C2CCCc3ccccc32)n1. The van der Waals surface area contributed by atoms with E-state index in [1.807, 2.05) is 19.1 Å². The van der Waals surface area contributed by atoms with E-state index in [1.54, 1.807) is 6.92 Å². The van der Waals surface area contributed by atoms with Crippen LogP contribution in [0.5, 0.6) is 0 Å². The summed E-state index contributed by atoms with van der Waals surface area (Å²) >= 11 is 0. The molecule has 0 saturated carbocycles. The summed E-state index contributed by atoms with van der Waals surface area (Å²) in [7, 11) is 0. The topological polar surface area (TPSA) is 68.0 Å². The lowest BCUT2D eigenvalue weighted by Gasteiger charge is -2.25. The van der Waals surface area contributed by atoms with E-state index >= 15 is 0 Å². The fourth-order valence-corrected chi connectivity index (χ4v) is 2.89. The van der Waals surface area contributed by atoms with Crippen LogP contribution in [0.2, 0.25) is 0 Å². The molecule has 5 heteroatoms. The zero-order chi connectivity index (χ0) is 14.8. The summed E-state index contributed by atoms with van der Waals surface area (Å²) in [6, 6.07) is 7.92. The molecule has 21 heavy (non-hydrogen) atoms. The highest BCUT2D eigenvalue weighted by Crippen LogP contribution is 2.32. The van der Waals surface area contributed by atoms with Crippen LogP contribution in [0.1, 0.15) is 54.6 Å². The van der Waals surface area contributed by atoms with Crippen molar-refractivity contribution in [1.82, 2.24) is 15.5 Å². The predicted octanol–water partition coefficient (Wildman–Crippen LogP) is 2.68. The van der Waals surface area contributed by atoms with E-state index in [0.29, 0.717) is 11.7 Å². The van der Waals surface area contributed by atoms with E-state index < -0.39 is 0 Å². The van der Waals surface area contributed by atoms with Gasteiger partial charge in [0.15, 0.2) is 5.82 Å². The zero-order valence-electron chi connectivity index (χ0n) is 12.3. The van der Waals surface area contributed by atoms with Crippen LogP contribution in [0.3, 0.4) is 0 Å². The van der Waals surface area contributed by atoms with Gasteiger partial charge in [0, 0.05) is 0 Å². The Kier molecular flexibility index (Phi) is 3.73. The Balaban J connectivity index is 1.74. The summed E-state index contributed by atoms with van der Waals surface area (Å²) in [5.74, 6) is 0.978. The van der Waals surface area contributed by atoms with Crippen LogP contribution < -0.4 is 5.32 Å². The van der Waals surface area contributed by atoms with Crippen molar-refractivity contribution in [2.75, 3.05) is 0 Å². The number of hydrogen-bond donors (Lipinski definition) is 1. The number of fused-ring (bicyclic) bond motifs is 1. The second-order valence-corrected chi connectivity index (χ2v) is 5.55.